The number of hydrogen-bond acceptors (Lipinski definition) is 4. The fourth-order valence-corrected chi connectivity index (χ4v) is 3.15. The van der Waals surface area contributed by atoms with Gasteiger partial charge in [0.05, 0.1) is 17.7 Å². The van der Waals surface area contributed by atoms with E-state index in [0.29, 0.717) is 12.1 Å². The molecule has 1 aliphatic carbocycles. The van der Waals surface area contributed by atoms with Crippen molar-refractivity contribution in [3.63, 3.8) is 0 Å². The summed E-state index contributed by atoms with van der Waals surface area (Å²) in [6.07, 6.45) is 4.49. The molecule has 114 valence electrons. The highest BCUT2D eigenvalue weighted by Gasteiger charge is 2.35. The topological polar surface area (TPSA) is 59.3 Å². The van der Waals surface area contributed by atoms with E-state index in [1.54, 1.807) is 12.1 Å². The van der Waals surface area contributed by atoms with Gasteiger partial charge in [0.1, 0.15) is 0 Å². The summed E-state index contributed by atoms with van der Waals surface area (Å²) < 4.78 is 0. The second-order valence-corrected chi connectivity index (χ2v) is 6.21. The summed E-state index contributed by atoms with van der Waals surface area (Å²) >= 11 is 0. The zero-order valence-electron chi connectivity index (χ0n) is 13.0. The molecule has 0 bridgehead atoms. The molecular weight excluding hydrogens is 262 g/mol. The molecule has 0 amide bonds. The Bertz CT molecular complexity index is 484. The molecule has 0 heterocycles. The summed E-state index contributed by atoms with van der Waals surface area (Å²) in [5.41, 5.74) is 1.72. The van der Waals surface area contributed by atoms with Gasteiger partial charge in [0, 0.05) is 18.6 Å². The van der Waals surface area contributed by atoms with Crippen molar-refractivity contribution < 1.29 is 5.11 Å². The maximum Gasteiger partial charge on any atom is 0.0991 e. The van der Waals surface area contributed by atoms with Gasteiger partial charge in [-0.1, -0.05) is 25.0 Å². The first-order valence-corrected chi connectivity index (χ1v) is 7.64. The van der Waals surface area contributed by atoms with Gasteiger partial charge in [-0.3, -0.25) is 0 Å². The smallest absolute Gasteiger partial charge is 0.0991 e. The van der Waals surface area contributed by atoms with E-state index < -0.39 is 6.10 Å². The Labute approximate surface area is 127 Å². The van der Waals surface area contributed by atoms with Crippen LogP contribution in [0.1, 0.15) is 42.9 Å². The lowest BCUT2D eigenvalue weighted by atomic mass is 9.96. The predicted octanol–water partition coefficient (Wildman–Crippen LogP) is 2.06. The lowest BCUT2D eigenvalue weighted by Gasteiger charge is -2.37. The van der Waals surface area contributed by atoms with E-state index in [1.165, 1.54) is 25.7 Å². The van der Waals surface area contributed by atoms with Gasteiger partial charge >= 0.3 is 0 Å². The van der Waals surface area contributed by atoms with E-state index in [0.717, 1.165) is 12.1 Å². The van der Waals surface area contributed by atoms with Crippen LogP contribution in [0, 0.1) is 11.3 Å². The van der Waals surface area contributed by atoms with Crippen LogP contribution in [0.5, 0.6) is 0 Å². The molecule has 0 spiro atoms. The van der Waals surface area contributed by atoms with E-state index in [4.69, 9.17) is 5.26 Å². The van der Waals surface area contributed by atoms with Crippen LogP contribution < -0.4 is 5.32 Å². The zero-order chi connectivity index (χ0) is 15.3. The molecule has 4 nitrogen and oxygen atoms in total. The van der Waals surface area contributed by atoms with Gasteiger partial charge in [0.25, 0.3) is 0 Å². The van der Waals surface area contributed by atoms with Crippen LogP contribution in [0.15, 0.2) is 24.3 Å². The fraction of sp³-hybridized carbons (Fsp3) is 0.588. The van der Waals surface area contributed by atoms with Crippen LogP contribution in [-0.4, -0.2) is 42.7 Å². The Morgan fingerprint density at radius 1 is 1.29 bits per heavy atom. The van der Waals surface area contributed by atoms with E-state index in [-0.39, 0.29) is 5.54 Å². The minimum Gasteiger partial charge on any atom is -0.387 e. The highest BCUT2D eigenvalue weighted by molar-refractivity contribution is 5.32. The molecule has 0 saturated heterocycles. The van der Waals surface area contributed by atoms with Crippen molar-refractivity contribution in [2.75, 3.05) is 27.2 Å². The van der Waals surface area contributed by atoms with E-state index in [9.17, 15) is 5.11 Å². The highest BCUT2D eigenvalue weighted by atomic mass is 16.3. The minimum absolute atomic E-state index is 0.240. The SMILES string of the molecule is CN(C)C1(CNCC(O)c2ccc(C#N)cc2)CCCC1. The molecule has 2 N–H and O–H groups in total. The number of nitrogens with zero attached hydrogens (tertiary/aromatic N) is 2. The number of likely N-dealkylation sites (N-methyl/N-ethyl adjacent to an activating group) is 1. The van der Waals surface area contributed by atoms with Crippen molar-refractivity contribution in [3.05, 3.63) is 35.4 Å². The first-order chi connectivity index (χ1) is 10.1. The third kappa shape index (κ3) is 3.82. The van der Waals surface area contributed by atoms with Crippen LogP contribution in [0.25, 0.3) is 0 Å². The first kappa shape index (κ1) is 16.0. The molecule has 0 aliphatic heterocycles. The van der Waals surface area contributed by atoms with Gasteiger partial charge in [-0.05, 0) is 44.6 Å². The molecule has 1 atom stereocenters. The molecule has 21 heavy (non-hydrogen) atoms. The number of rotatable bonds is 6. The standard InChI is InChI=1S/C17H25N3O/c1-20(2)17(9-3-4-10-17)13-19-12-16(21)15-7-5-14(11-18)6-8-15/h5-8,16,19,21H,3-4,9-10,12-13H2,1-2H3. The first-order valence-electron chi connectivity index (χ1n) is 7.64. The molecule has 1 unspecified atom stereocenters. The van der Waals surface area contributed by atoms with Gasteiger partial charge in [0.15, 0.2) is 0 Å². The molecule has 4 heteroatoms. The minimum atomic E-state index is -0.529. The number of aliphatic hydroxyl groups is 1. The molecule has 1 aromatic rings. The number of nitrogens with one attached hydrogen (secondary N) is 1. The van der Waals surface area contributed by atoms with Crippen LogP contribution in [0.4, 0.5) is 0 Å². The lowest BCUT2D eigenvalue weighted by molar-refractivity contribution is 0.134. The second kappa shape index (κ2) is 7.04. The molecule has 2 rings (SSSR count). The van der Waals surface area contributed by atoms with E-state index >= 15 is 0 Å². The maximum absolute atomic E-state index is 10.2. The summed E-state index contributed by atoms with van der Waals surface area (Å²) in [6.45, 7) is 1.45. The van der Waals surface area contributed by atoms with Gasteiger partial charge in [-0.2, -0.15) is 5.26 Å². The van der Waals surface area contributed by atoms with Crippen LogP contribution in [-0.2, 0) is 0 Å². The van der Waals surface area contributed by atoms with E-state index in [2.05, 4.69) is 30.4 Å². The summed E-state index contributed by atoms with van der Waals surface area (Å²) in [5.74, 6) is 0. The average Bonchev–Trinajstić information content (AvgIpc) is 2.97. The lowest BCUT2D eigenvalue weighted by Crippen LogP contribution is -2.50. The van der Waals surface area contributed by atoms with Crippen molar-refractivity contribution in [2.24, 2.45) is 0 Å². The third-order valence-corrected chi connectivity index (χ3v) is 4.70. The van der Waals surface area contributed by atoms with Gasteiger partial charge < -0.3 is 15.3 Å². The summed E-state index contributed by atoms with van der Waals surface area (Å²) in [7, 11) is 4.29. The van der Waals surface area contributed by atoms with Gasteiger partial charge in [0.2, 0.25) is 0 Å². The largest absolute Gasteiger partial charge is 0.387 e. The normalized spacial score (nSPS) is 18.6. The van der Waals surface area contributed by atoms with Crippen LogP contribution >= 0.6 is 0 Å². The predicted molar refractivity (Wildman–Crippen MR) is 83.9 cm³/mol. The Kier molecular flexibility index (Phi) is 5.35. The summed E-state index contributed by atoms with van der Waals surface area (Å²) in [4.78, 5) is 2.32. The Morgan fingerprint density at radius 3 is 2.43 bits per heavy atom. The molecule has 0 radical (unpaired) electrons. The Balaban J connectivity index is 1.86. The van der Waals surface area contributed by atoms with Crippen LogP contribution in [0.2, 0.25) is 0 Å². The molecule has 1 aliphatic rings. The zero-order valence-corrected chi connectivity index (χ0v) is 13.0. The van der Waals surface area contributed by atoms with Crippen molar-refractivity contribution in [1.82, 2.24) is 10.2 Å². The van der Waals surface area contributed by atoms with E-state index in [1.807, 2.05) is 12.1 Å². The monoisotopic (exact) mass is 287 g/mol. The number of aliphatic hydroxyl groups excluding tert-OH is 1. The van der Waals surface area contributed by atoms with Crippen molar-refractivity contribution >= 4 is 0 Å². The number of benzene rings is 1. The van der Waals surface area contributed by atoms with Crippen LogP contribution in [0.3, 0.4) is 0 Å². The molecular formula is C17H25N3O. The fourth-order valence-electron chi connectivity index (χ4n) is 3.15. The molecule has 1 aromatic carbocycles. The molecule has 0 aromatic heterocycles. The van der Waals surface area contributed by atoms with Gasteiger partial charge in [-0.25, -0.2) is 0 Å². The maximum atomic E-state index is 10.2. The van der Waals surface area contributed by atoms with Gasteiger partial charge in [-0.15, -0.1) is 0 Å². The second-order valence-electron chi connectivity index (χ2n) is 6.21. The third-order valence-electron chi connectivity index (χ3n) is 4.70. The Hall–Kier alpha value is -1.41. The van der Waals surface area contributed by atoms with Crippen molar-refractivity contribution in [1.29, 1.82) is 5.26 Å². The molecule has 1 fully saturated rings. The van der Waals surface area contributed by atoms with Crippen molar-refractivity contribution in [3.8, 4) is 6.07 Å². The molecule has 1 saturated carbocycles. The average molecular weight is 287 g/mol. The number of hydrogen-bond donors (Lipinski definition) is 2. The highest BCUT2D eigenvalue weighted by Crippen LogP contribution is 2.33. The quantitative estimate of drug-likeness (QED) is 0.841. The summed E-state index contributed by atoms with van der Waals surface area (Å²) in [5, 5.41) is 22.4. The Morgan fingerprint density at radius 2 is 1.90 bits per heavy atom. The number of nitriles is 1. The summed E-state index contributed by atoms with van der Waals surface area (Å²) in [6, 6.07) is 9.22. The van der Waals surface area contributed by atoms with Crippen molar-refractivity contribution in [2.45, 2.75) is 37.3 Å².